The van der Waals surface area contributed by atoms with Gasteiger partial charge in [-0.3, -0.25) is 0 Å². The summed E-state index contributed by atoms with van der Waals surface area (Å²) in [6, 6.07) is 2.18. The Kier molecular flexibility index (Phi) is 3.07. The molecule has 2 aliphatic heterocycles. The van der Waals surface area contributed by atoms with Gasteiger partial charge < -0.3 is 14.1 Å². The van der Waals surface area contributed by atoms with Crippen molar-refractivity contribution in [2.45, 2.75) is 44.4 Å². The van der Waals surface area contributed by atoms with Gasteiger partial charge >= 0.3 is 0 Å². The number of rotatable bonds is 2. The Labute approximate surface area is 122 Å². The molecule has 0 N–H and O–H groups in total. The molecule has 0 unspecified atom stereocenters. The fraction of sp³-hybridized carbons (Fsp3) is 0.571. The first kappa shape index (κ1) is 12.7. The number of nitrogens with zero attached hydrogens (tertiary/aromatic N) is 5. The van der Waals surface area contributed by atoms with Crippen molar-refractivity contribution in [2.24, 2.45) is 0 Å². The Morgan fingerprint density at radius 3 is 2.76 bits per heavy atom. The zero-order valence-electron chi connectivity index (χ0n) is 11.8. The average molecular weight is 287 g/mol. The average Bonchev–Trinajstić information content (AvgIpc) is 3.13. The van der Waals surface area contributed by atoms with Gasteiger partial charge in [-0.15, -0.1) is 10.2 Å². The third-order valence-electron chi connectivity index (χ3n) is 4.17. The molecule has 7 heteroatoms. The molecule has 0 aliphatic carbocycles. The van der Waals surface area contributed by atoms with E-state index >= 15 is 0 Å². The van der Waals surface area contributed by atoms with Crippen molar-refractivity contribution in [1.29, 1.82) is 0 Å². The van der Waals surface area contributed by atoms with E-state index in [9.17, 15) is 0 Å². The van der Waals surface area contributed by atoms with Crippen LogP contribution in [0, 0.1) is 6.92 Å². The van der Waals surface area contributed by atoms with Crippen LogP contribution in [0.15, 0.2) is 22.9 Å². The van der Waals surface area contributed by atoms with E-state index < -0.39 is 0 Å². The molecule has 2 saturated heterocycles. The van der Waals surface area contributed by atoms with E-state index in [1.807, 2.05) is 6.07 Å². The Morgan fingerprint density at radius 2 is 2.00 bits per heavy atom. The van der Waals surface area contributed by atoms with Crippen molar-refractivity contribution in [3.05, 3.63) is 30.2 Å². The molecule has 0 spiro atoms. The molecule has 7 nitrogen and oxygen atoms in total. The van der Waals surface area contributed by atoms with Crippen LogP contribution in [0.5, 0.6) is 0 Å². The number of aryl methyl sites for hydroxylation is 1. The van der Waals surface area contributed by atoms with E-state index in [0.29, 0.717) is 17.8 Å². The summed E-state index contributed by atoms with van der Waals surface area (Å²) < 4.78 is 11.7. The van der Waals surface area contributed by atoms with Crippen LogP contribution in [0.3, 0.4) is 0 Å². The fourth-order valence-corrected chi connectivity index (χ4v) is 3.24. The predicted octanol–water partition coefficient (Wildman–Crippen LogP) is 1.67. The lowest BCUT2D eigenvalue weighted by Gasteiger charge is -2.34. The molecule has 3 atom stereocenters. The summed E-state index contributed by atoms with van der Waals surface area (Å²) in [6.07, 6.45) is 6.55. The van der Waals surface area contributed by atoms with Crippen molar-refractivity contribution in [2.75, 3.05) is 11.4 Å². The number of fused-ring (bicyclic) bond motifs is 1. The lowest BCUT2D eigenvalue weighted by atomic mass is 9.99. The van der Waals surface area contributed by atoms with Crippen molar-refractivity contribution in [3.8, 4) is 0 Å². The van der Waals surface area contributed by atoms with Crippen molar-refractivity contribution in [1.82, 2.24) is 20.2 Å². The molecule has 110 valence electrons. The largest absolute Gasteiger partial charge is 0.423 e. The van der Waals surface area contributed by atoms with Crippen molar-refractivity contribution < 1.29 is 9.15 Å². The molecular weight excluding hydrogens is 270 g/mol. The molecule has 2 aliphatic rings. The van der Waals surface area contributed by atoms with Crippen LogP contribution in [0.2, 0.25) is 0 Å². The molecule has 0 aromatic carbocycles. The molecule has 0 amide bonds. The maximum Gasteiger partial charge on any atom is 0.245 e. The molecule has 0 bridgehead atoms. The van der Waals surface area contributed by atoms with E-state index in [1.54, 1.807) is 19.3 Å². The summed E-state index contributed by atoms with van der Waals surface area (Å²) in [7, 11) is 0. The maximum atomic E-state index is 6.17. The third-order valence-corrected chi connectivity index (χ3v) is 4.17. The zero-order chi connectivity index (χ0) is 14.2. The van der Waals surface area contributed by atoms with Crippen LogP contribution in [0.25, 0.3) is 0 Å². The minimum Gasteiger partial charge on any atom is -0.423 e. The highest BCUT2D eigenvalue weighted by Crippen LogP contribution is 2.38. The Hall–Kier alpha value is -2.02. The highest BCUT2D eigenvalue weighted by atomic mass is 16.5. The molecule has 0 radical (unpaired) electrons. The molecule has 4 rings (SSSR count). The van der Waals surface area contributed by atoms with Gasteiger partial charge in [0.1, 0.15) is 6.10 Å². The second kappa shape index (κ2) is 5.07. The summed E-state index contributed by atoms with van der Waals surface area (Å²) in [5, 5.41) is 7.96. The van der Waals surface area contributed by atoms with E-state index in [0.717, 1.165) is 31.8 Å². The molecule has 0 saturated carbocycles. The van der Waals surface area contributed by atoms with Gasteiger partial charge in [0.2, 0.25) is 17.7 Å². The Bertz CT molecular complexity index is 617. The topological polar surface area (TPSA) is 77.2 Å². The van der Waals surface area contributed by atoms with E-state index in [-0.39, 0.29) is 12.2 Å². The molecule has 4 heterocycles. The summed E-state index contributed by atoms with van der Waals surface area (Å²) in [5.41, 5.74) is 0. The molecule has 2 fully saturated rings. The molecule has 2 aromatic rings. The van der Waals surface area contributed by atoms with Gasteiger partial charge in [0.25, 0.3) is 0 Å². The van der Waals surface area contributed by atoms with Crippen molar-refractivity contribution in [3.63, 3.8) is 0 Å². The predicted molar refractivity (Wildman–Crippen MR) is 73.7 cm³/mol. The zero-order valence-corrected chi connectivity index (χ0v) is 11.8. The Morgan fingerprint density at radius 1 is 1.14 bits per heavy atom. The SMILES string of the molecule is Cc1nnc([C@@H]2CC[C@H]3[C@H](CCN3c3ncccn3)O2)o1. The van der Waals surface area contributed by atoms with Crippen LogP contribution in [0.1, 0.15) is 37.1 Å². The van der Waals surface area contributed by atoms with Crippen LogP contribution in [-0.2, 0) is 4.74 Å². The van der Waals surface area contributed by atoms with E-state index in [2.05, 4.69) is 25.1 Å². The normalized spacial score (nSPS) is 28.6. The lowest BCUT2D eigenvalue weighted by molar-refractivity contribution is -0.0641. The standard InChI is InChI=1S/C14H17N5O2/c1-9-17-18-13(20-9)12-4-3-10-11(21-12)5-8-19(10)14-15-6-2-7-16-14/h2,6-7,10-12H,3-5,8H2,1H3/t10-,11-,12-/m0/s1. The van der Waals surface area contributed by atoms with E-state index in [1.165, 1.54) is 0 Å². The van der Waals surface area contributed by atoms with Crippen LogP contribution in [-0.4, -0.2) is 38.9 Å². The summed E-state index contributed by atoms with van der Waals surface area (Å²) in [5.74, 6) is 1.97. The van der Waals surface area contributed by atoms with E-state index in [4.69, 9.17) is 9.15 Å². The van der Waals surface area contributed by atoms with Crippen LogP contribution >= 0.6 is 0 Å². The first-order valence-corrected chi connectivity index (χ1v) is 7.30. The quantitative estimate of drug-likeness (QED) is 0.831. The number of aromatic nitrogens is 4. The Balaban J connectivity index is 1.49. The van der Waals surface area contributed by atoms with Gasteiger partial charge in [-0.2, -0.15) is 0 Å². The van der Waals surface area contributed by atoms with Gasteiger partial charge in [-0.1, -0.05) is 0 Å². The van der Waals surface area contributed by atoms with Gasteiger partial charge in [-0.25, -0.2) is 9.97 Å². The summed E-state index contributed by atoms with van der Waals surface area (Å²) in [4.78, 5) is 11.0. The van der Waals surface area contributed by atoms with Gasteiger partial charge in [0.05, 0.1) is 12.1 Å². The van der Waals surface area contributed by atoms with Gasteiger partial charge in [0, 0.05) is 25.9 Å². The third kappa shape index (κ3) is 2.27. The van der Waals surface area contributed by atoms with Gasteiger partial charge in [-0.05, 0) is 25.3 Å². The highest BCUT2D eigenvalue weighted by Gasteiger charge is 2.42. The smallest absolute Gasteiger partial charge is 0.245 e. The number of hydrogen-bond acceptors (Lipinski definition) is 7. The highest BCUT2D eigenvalue weighted by molar-refractivity contribution is 5.34. The second-order valence-corrected chi connectivity index (χ2v) is 5.50. The summed E-state index contributed by atoms with van der Waals surface area (Å²) >= 11 is 0. The first-order chi connectivity index (χ1) is 10.3. The van der Waals surface area contributed by atoms with Crippen molar-refractivity contribution >= 4 is 5.95 Å². The number of anilines is 1. The maximum absolute atomic E-state index is 6.17. The monoisotopic (exact) mass is 287 g/mol. The van der Waals surface area contributed by atoms with Crippen LogP contribution in [0.4, 0.5) is 5.95 Å². The number of ether oxygens (including phenoxy) is 1. The minimum atomic E-state index is -0.0795. The fourth-order valence-electron chi connectivity index (χ4n) is 3.24. The number of hydrogen-bond donors (Lipinski definition) is 0. The van der Waals surface area contributed by atoms with Gasteiger partial charge in [0.15, 0.2) is 0 Å². The first-order valence-electron chi connectivity index (χ1n) is 7.30. The summed E-state index contributed by atoms with van der Waals surface area (Å²) in [6.45, 7) is 2.72. The molecular formula is C14H17N5O2. The molecule has 21 heavy (non-hydrogen) atoms. The minimum absolute atomic E-state index is 0.0795. The lowest BCUT2D eigenvalue weighted by Crippen LogP contribution is -2.41. The second-order valence-electron chi connectivity index (χ2n) is 5.50. The molecule has 2 aromatic heterocycles. The van der Waals surface area contributed by atoms with Crippen LogP contribution < -0.4 is 4.90 Å².